The van der Waals surface area contributed by atoms with Crippen molar-refractivity contribution in [2.45, 2.75) is 6.92 Å². The molecule has 22 heavy (non-hydrogen) atoms. The monoisotopic (exact) mass is 314 g/mol. The van der Waals surface area contributed by atoms with Crippen LogP contribution in [0.15, 0.2) is 29.2 Å². The van der Waals surface area contributed by atoms with Crippen LogP contribution in [0.2, 0.25) is 0 Å². The lowest BCUT2D eigenvalue weighted by atomic mass is 10.1. The van der Waals surface area contributed by atoms with Gasteiger partial charge in [0.15, 0.2) is 0 Å². The lowest BCUT2D eigenvalue weighted by molar-refractivity contribution is 0.353. The minimum absolute atomic E-state index is 0.253. The molecule has 7 heteroatoms. The summed E-state index contributed by atoms with van der Waals surface area (Å²) in [6, 6.07) is 2.28. The van der Waals surface area contributed by atoms with Crippen molar-refractivity contribution >= 4 is 11.3 Å². The van der Waals surface area contributed by atoms with Crippen LogP contribution >= 0.6 is 11.3 Å². The third-order valence-corrected chi connectivity index (χ3v) is 3.79. The summed E-state index contributed by atoms with van der Waals surface area (Å²) in [7, 11) is 3.07. The van der Waals surface area contributed by atoms with Gasteiger partial charge < -0.3 is 9.47 Å². The number of aromatic nitrogens is 4. The zero-order chi connectivity index (χ0) is 15.5. The van der Waals surface area contributed by atoms with Gasteiger partial charge in [0.2, 0.25) is 5.88 Å². The van der Waals surface area contributed by atoms with Gasteiger partial charge in [-0.3, -0.25) is 0 Å². The second-order valence-electron chi connectivity index (χ2n) is 4.47. The highest BCUT2D eigenvalue weighted by molar-refractivity contribution is 7.08. The number of nitrogens with zero attached hydrogens (tertiary/aromatic N) is 4. The predicted molar refractivity (Wildman–Crippen MR) is 84.2 cm³/mol. The van der Waals surface area contributed by atoms with Crippen LogP contribution in [0.4, 0.5) is 0 Å². The number of ether oxygens (including phenoxy) is 2. The van der Waals surface area contributed by atoms with E-state index in [1.54, 1.807) is 24.6 Å². The molecule has 0 aromatic carbocycles. The zero-order valence-electron chi connectivity index (χ0n) is 12.4. The second-order valence-corrected chi connectivity index (χ2v) is 5.25. The maximum Gasteiger partial charge on any atom is 0.319 e. The SMILES string of the molecule is COc1ncc(-c2nc(C)ncc2-c2ccsc2)c(OC)n1. The van der Waals surface area contributed by atoms with E-state index in [4.69, 9.17) is 9.47 Å². The van der Waals surface area contributed by atoms with Gasteiger partial charge in [-0.25, -0.2) is 15.0 Å². The Hall–Kier alpha value is -2.54. The summed E-state index contributed by atoms with van der Waals surface area (Å²) >= 11 is 1.62. The smallest absolute Gasteiger partial charge is 0.319 e. The fraction of sp³-hybridized carbons (Fsp3) is 0.200. The van der Waals surface area contributed by atoms with Crippen LogP contribution in [-0.4, -0.2) is 34.2 Å². The molecule has 0 unspecified atom stereocenters. The molecule has 0 bridgehead atoms. The van der Waals surface area contributed by atoms with Gasteiger partial charge in [-0.2, -0.15) is 16.3 Å². The number of hydrogen-bond donors (Lipinski definition) is 0. The molecule has 0 N–H and O–H groups in total. The minimum Gasteiger partial charge on any atom is -0.480 e. The maximum absolute atomic E-state index is 5.37. The summed E-state index contributed by atoms with van der Waals surface area (Å²) in [6.45, 7) is 1.84. The van der Waals surface area contributed by atoms with Crippen molar-refractivity contribution in [2.24, 2.45) is 0 Å². The molecule has 0 saturated carbocycles. The first-order chi connectivity index (χ1) is 10.7. The molecular weight excluding hydrogens is 300 g/mol. The zero-order valence-corrected chi connectivity index (χ0v) is 13.2. The van der Waals surface area contributed by atoms with Gasteiger partial charge in [-0.15, -0.1) is 0 Å². The Morgan fingerprint density at radius 1 is 1.00 bits per heavy atom. The Morgan fingerprint density at radius 3 is 2.50 bits per heavy atom. The van der Waals surface area contributed by atoms with Crippen molar-refractivity contribution in [3.05, 3.63) is 35.0 Å². The largest absolute Gasteiger partial charge is 0.480 e. The molecule has 3 rings (SSSR count). The molecular formula is C15H14N4O2S. The molecule has 0 aliphatic rings. The number of thiophene rings is 1. The van der Waals surface area contributed by atoms with Gasteiger partial charge in [0, 0.05) is 18.0 Å². The molecule has 0 radical (unpaired) electrons. The molecule has 0 saturated heterocycles. The topological polar surface area (TPSA) is 70.0 Å². The Balaban J connectivity index is 2.22. The van der Waals surface area contributed by atoms with Crippen LogP contribution in [-0.2, 0) is 0 Å². The number of methoxy groups -OCH3 is 2. The van der Waals surface area contributed by atoms with Gasteiger partial charge in [0.05, 0.1) is 25.5 Å². The van der Waals surface area contributed by atoms with Crippen LogP contribution < -0.4 is 9.47 Å². The van der Waals surface area contributed by atoms with Crippen LogP contribution in [0.1, 0.15) is 5.82 Å². The average Bonchev–Trinajstić information content (AvgIpc) is 3.08. The van der Waals surface area contributed by atoms with Gasteiger partial charge in [-0.1, -0.05) is 0 Å². The first kappa shape index (κ1) is 14.4. The summed E-state index contributed by atoms with van der Waals surface area (Å²) in [4.78, 5) is 17.2. The Kier molecular flexibility index (Phi) is 3.97. The number of rotatable bonds is 4. The summed E-state index contributed by atoms with van der Waals surface area (Å²) < 4.78 is 10.4. The molecule has 3 heterocycles. The standard InChI is InChI=1S/C15H14N4O2S/c1-9-16-6-11(10-4-5-22-8-10)13(18-9)12-7-17-15(21-3)19-14(12)20-2/h4-8H,1-3H3. The normalized spacial score (nSPS) is 10.5. The molecule has 0 aliphatic heterocycles. The molecule has 3 aromatic rings. The summed E-state index contributed by atoms with van der Waals surface area (Å²) in [5, 5.41) is 4.06. The second kappa shape index (κ2) is 6.07. The van der Waals surface area contributed by atoms with E-state index in [0.717, 1.165) is 16.8 Å². The van der Waals surface area contributed by atoms with Crippen LogP contribution in [0.25, 0.3) is 22.4 Å². The van der Waals surface area contributed by atoms with Crippen molar-refractivity contribution < 1.29 is 9.47 Å². The number of hydrogen-bond acceptors (Lipinski definition) is 7. The van der Waals surface area contributed by atoms with Crippen molar-refractivity contribution in [1.82, 2.24) is 19.9 Å². The van der Waals surface area contributed by atoms with Crippen molar-refractivity contribution in [2.75, 3.05) is 14.2 Å². The third-order valence-electron chi connectivity index (χ3n) is 3.10. The molecule has 6 nitrogen and oxygen atoms in total. The lowest BCUT2D eigenvalue weighted by Gasteiger charge is -2.11. The van der Waals surface area contributed by atoms with Gasteiger partial charge in [0.25, 0.3) is 0 Å². The molecule has 0 fully saturated rings. The molecule has 0 atom stereocenters. The highest BCUT2D eigenvalue weighted by Gasteiger charge is 2.17. The van der Waals surface area contributed by atoms with E-state index in [0.29, 0.717) is 17.3 Å². The molecule has 0 amide bonds. The van der Waals surface area contributed by atoms with E-state index in [1.807, 2.05) is 29.9 Å². The summed E-state index contributed by atoms with van der Waals surface area (Å²) in [5.74, 6) is 1.09. The number of aryl methyl sites for hydroxylation is 1. The van der Waals surface area contributed by atoms with Crippen molar-refractivity contribution in [3.63, 3.8) is 0 Å². The van der Waals surface area contributed by atoms with E-state index in [1.165, 1.54) is 7.11 Å². The predicted octanol–water partition coefficient (Wildman–Crippen LogP) is 2.99. The summed E-state index contributed by atoms with van der Waals surface area (Å²) in [5.41, 5.74) is 3.41. The van der Waals surface area contributed by atoms with Crippen LogP contribution in [0, 0.1) is 6.92 Å². The van der Waals surface area contributed by atoms with Gasteiger partial charge in [-0.05, 0) is 29.3 Å². The van der Waals surface area contributed by atoms with E-state index in [2.05, 4.69) is 19.9 Å². The van der Waals surface area contributed by atoms with Crippen LogP contribution in [0.3, 0.4) is 0 Å². The van der Waals surface area contributed by atoms with E-state index >= 15 is 0 Å². The third kappa shape index (κ3) is 2.62. The molecule has 3 aromatic heterocycles. The van der Waals surface area contributed by atoms with E-state index < -0.39 is 0 Å². The van der Waals surface area contributed by atoms with E-state index in [-0.39, 0.29) is 6.01 Å². The fourth-order valence-electron chi connectivity index (χ4n) is 2.07. The molecule has 0 aliphatic carbocycles. The summed E-state index contributed by atoms with van der Waals surface area (Å²) in [6.07, 6.45) is 3.46. The average molecular weight is 314 g/mol. The highest BCUT2D eigenvalue weighted by atomic mass is 32.1. The Morgan fingerprint density at radius 2 is 1.82 bits per heavy atom. The quantitative estimate of drug-likeness (QED) is 0.737. The lowest BCUT2D eigenvalue weighted by Crippen LogP contribution is -2.01. The molecule has 112 valence electrons. The van der Waals surface area contributed by atoms with Gasteiger partial charge >= 0.3 is 6.01 Å². The van der Waals surface area contributed by atoms with Crippen molar-refractivity contribution in [3.8, 4) is 34.3 Å². The highest BCUT2D eigenvalue weighted by Crippen LogP contribution is 2.35. The Bertz CT molecular complexity index is 790. The minimum atomic E-state index is 0.253. The first-order valence-corrected chi connectivity index (χ1v) is 7.49. The van der Waals surface area contributed by atoms with Crippen LogP contribution in [0.5, 0.6) is 11.9 Å². The Labute approximate surface area is 131 Å². The first-order valence-electron chi connectivity index (χ1n) is 6.54. The maximum atomic E-state index is 5.37. The van der Waals surface area contributed by atoms with E-state index in [9.17, 15) is 0 Å². The molecule has 0 spiro atoms. The van der Waals surface area contributed by atoms with Crippen molar-refractivity contribution in [1.29, 1.82) is 0 Å². The van der Waals surface area contributed by atoms with Gasteiger partial charge in [0.1, 0.15) is 5.82 Å². The fourth-order valence-corrected chi connectivity index (χ4v) is 2.73.